The number of amides is 1. The van der Waals surface area contributed by atoms with E-state index in [1.54, 1.807) is 30.5 Å². The maximum absolute atomic E-state index is 13.1. The van der Waals surface area contributed by atoms with E-state index in [4.69, 9.17) is 0 Å². The maximum Gasteiger partial charge on any atom is 0.313 e. The number of carbonyl (C=O) groups excluding carboxylic acids is 1. The van der Waals surface area contributed by atoms with Crippen LogP contribution in [0, 0.1) is 0 Å². The molecule has 0 fully saturated rings. The third-order valence-corrected chi connectivity index (χ3v) is 6.02. The second-order valence-electron chi connectivity index (χ2n) is 5.77. The first-order valence-corrected chi connectivity index (χ1v) is 9.69. The van der Waals surface area contributed by atoms with Crippen molar-refractivity contribution in [2.24, 2.45) is 5.10 Å². The standard InChI is InChI=1S/C19H14N2O3S2/c22-18-14-7-2-1-6-13(14)16(19(23)24)17(15-8-4-10-26-15)21(18)20-11-12-5-3-9-25-12/h1-11,16-17H,(H,23,24)/b20-11+/t16-,17-/m0/s1. The zero-order valence-corrected chi connectivity index (χ0v) is 15.1. The first-order chi connectivity index (χ1) is 12.7. The van der Waals surface area contributed by atoms with Gasteiger partial charge in [-0.15, -0.1) is 22.7 Å². The number of hydrazone groups is 1. The molecular formula is C19H14N2O3S2. The molecule has 2 aromatic heterocycles. The molecular weight excluding hydrogens is 368 g/mol. The molecule has 1 N–H and O–H groups in total. The Kier molecular flexibility index (Phi) is 4.40. The molecule has 130 valence electrons. The molecule has 1 aliphatic rings. The molecule has 4 rings (SSSR count). The summed E-state index contributed by atoms with van der Waals surface area (Å²) in [4.78, 5) is 26.9. The van der Waals surface area contributed by atoms with Crippen LogP contribution in [0.25, 0.3) is 0 Å². The van der Waals surface area contributed by atoms with E-state index in [1.165, 1.54) is 27.7 Å². The second kappa shape index (κ2) is 6.86. The van der Waals surface area contributed by atoms with E-state index in [1.807, 2.05) is 35.0 Å². The van der Waals surface area contributed by atoms with Crippen molar-refractivity contribution in [3.05, 3.63) is 80.2 Å². The van der Waals surface area contributed by atoms with Gasteiger partial charge in [-0.1, -0.05) is 30.3 Å². The fraction of sp³-hybridized carbons (Fsp3) is 0.105. The van der Waals surface area contributed by atoms with E-state index in [2.05, 4.69) is 5.10 Å². The van der Waals surface area contributed by atoms with E-state index in [9.17, 15) is 14.7 Å². The van der Waals surface area contributed by atoms with Crippen molar-refractivity contribution in [2.45, 2.75) is 12.0 Å². The third kappa shape index (κ3) is 2.85. The van der Waals surface area contributed by atoms with E-state index >= 15 is 0 Å². The van der Waals surface area contributed by atoms with Gasteiger partial charge >= 0.3 is 5.97 Å². The van der Waals surface area contributed by atoms with Crippen molar-refractivity contribution in [1.29, 1.82) is 0 Å². The lowest BCUT2D eigenvalue weighted by Gasteiger charge is -2.36. The molecule has 0 saturated carbocycles. The first-order valence-electron chi connectivity index (χ1n) is 7.93. The molecule has 3 aromatic rings. The molecule has 1 aromatic carbocycles. The Morgan fingerprint density at radius 2 is 1.85 bits per heavy atom. The zero-order chi connectivity index (χ0) is 18.1. The number of aliphatic carboxylic acids is 1. The Morgan fingerprint density at radius 1 is 1.08 bits per heavy atom. The van der Waals surface area contributed by atoms with Gasteiger partial charge in [-0.2, -0.15) is 5.10 Å². The maximum atomic E-state index is 13.1. The van der Waals surface area contributed by atoms with Crippen LogP contribution in [0.3, 0.4) is 0 Å². The number of fused-ring (bicyclic) bond motifs is 1. The van der Waals surface area contributed by atoms with Gasteiger partial charge in [0, 0.05) is 15.3 Å². The van der Waals surface area contributed by atoms with Crippen molar-refractivity contribution in [1.82, 2.24) is 5.01 Å². The average molecular weight is 382 g/mol. The summed E-state index contributed by atoms with van der Waals surface area (Å²) in [6.45, 7) is 0. The fourth-order valence-corrected chi connectivity index (χ4v) is 4.57. The largest absolute Gasteiger partial charge is 0.481 e. The highest BCUT2D eigenvalue weighted by Gasteiger charge is 2.45. The number of hydrogen-bond acceptors (Lipinski definition) is 5. The number of carboxylic acids is 1. The third-order valence-electron chi connectivity index (χ3n) is 4.27. The van der Waals surface area contributed by atoms with Crippen LogP contribution in [0.5, 0.6) is 0 Å². The van der Waals surface area contributed by atoms with Gasteiger partial charge in [0.2, 0.25) is 0 Å². The molecule has 5 nitrogen and oxygen atoms in total. The summed E-state index contributed by atoms with van der Waals surface area (Å²) in [6, 6.07) is 13.7. The van der Waals surface area contributed by atoms with Crippen LogP contribution in [0.4, 0.5) is 0 Å². The van der Waals surface area contributed by atoms with Crippen LogP contribution in [0.15, 0.2) is 64.4 Å². The lowest BCUT2D eigenvalue weighted by Crippen LogP contribution is -2.41. The number of thiophene rings is 2. The van der Waals surface area contributed by atoms with E-state index in [0.717, 1.165) is 9.75 Å². The van der Waals surface area contributed by atoms with Crippen molar-refractivity contribution in [3.8, 4) is 0 Å². The summed E-state index contributed by atoms with van der Waals surface area (Å²) < 4.78 is 0. The van der Waals surface area contributed by atoms with Crippen molar-refractivity contribution < 1.29 is 14.7 Å². The summed E-state index contributed by atoms with van der Waals surface area (Å²) in [5.74, 6) is -2.13. The molecule has 1 aliphatic heterocycles. The normalized spacial score (nSPS) is 19.7. The smallest absolute Gasteiger partial charge is 0.313 e. The summed E-state index contributed by atoms with van der Waals surface area (Å²) in [6.07, 6.45) is 1.61. The molecule has 7 heteroatoms. The van der Waals surface area contributed by atoms with Crippen molar-refractivity contribution in [2.75, 3.05) is 0 Å². The summed E-state index contributed by atoms with van der Waals surface area (Å²) in [7, 11) is 0. The quantitative estimate of drug-likeness (QED) is 0.687. The Morgan fingerprint density at radius 3 is 2.54 bits per heavy atom. The summed E-state index contributed by atoms with van der Waals surface area (Å²) >= 11 is 2.93. The molecule has 2 atom stereocenters. The van der Waals surface area contributed by atoms with Crippen LogP contribution < -0.4 is 0 Å². The highest BCUT2D eigenvalue weighted by Crippen LogP contribution is 2.44. The predicted octanol–water partition coefficient (Wildman–Crippen LogP) is 4.21. The highest BCUT2D eigenvalue weighted by atomic mass is 32.1. The number of nitrogens with zero attached hydrogens (tertiary/aromatic N) is 2. The Hall–Kier alpha value is -2.77. The molecule has 0 saturated heterocycles. The van der Waals surface area contributed by atoms with Crippen LogP contribution in [-0.2, 0) is 4.79 Å². The predicted molar refractivity (Wildman–Crippen MR) is 102 cm³/mol. The minimum Gasteiger partial charge on any atom is -0.481 e. The molecule has 0 aliphatic carbocycles. The summed E-state index contributed by atoms with van der Waals surface area (Å²) in [5, 5.41) is 19.4. The summed E-state index contributed by atoms with van der Waals surface area (Å²) in [5.41, 5.74) is 0.919. The fourth-order valence-electron chi connectivity index (χ4n) is 3.14. The Balaban J connectivity index is 1.87. The van der Waals surface area contributed by atoms with Crippen LogP contribution in [0.2, 0.25) is 0 Å². The molecule has 0 radical (unpaired) electrons. The van der Waals surface area contributed by atoms with Crippen LogP contribution >= 0.6 is 22.7 Å². The number of carboxylic acid groups (broad SMARTS) is 1. The Labute approximate surface area is 157 Å². The van der Waals surface area contributed by atoms with Gasteiger partial charge in [0.05, 0.1) is 6.21 Å². The topological polar surface area (TPSA) is 70.0 Å². The van der Waals surface area contributed by atoms with Crippen molar-refractivity contribution in [3.63, 3.8) is 0 Å². The molecule has 0 unspecified atom stereocenters. The van der Waals surface area contributed by atoms with Gasteiger partial charge in [0.25, 0.3) is 5.91 Å². The monoisotopic (exact) mass is 382 g/mol. The van der Waals surface area contributed by atoms with Gasteiger partial charge in [-0.25, -0.2) is 5.01 Å². The van der Waals surface area contributed by atoms with E-state index in [0.29, 0.717) is 11.1 Å². The van der Waals surface area contributed by atoms with Gasteiger partial charge in [-0.05, 0) is 34.5 Å². The number of rotatable bonds is 4. The van der Waals surface area contributed by atoms with E-state index in [-0.39, 0.29) is 5.91 Å². The van der Waals surface area contributed by atoms with Crippen molar-refractivity contribution >= 4 is 40.8 Å². The highest BCUT2D eigenvalue weighted by molar-refractivity contribution is 7.11. The number of hydrogen-bond donors (Lipinski definition) is 1. The molecule has 1 amide bonds. The average Bonchev–Trinajstić information content (AvgIpc) is 3.34. The lowest BCUT2D eigenvalue weighted by atomic mass is 9.83. The molecule has 0 spiro atoms. The minimum atomic E-state index is -0.973. The van der Waals surface area contributed by atoms with Gasteiger partial charge in [0.15, 0.2) is 0 Å². The zero-order valence-electron chi connectivity index (χ0n) is 13.5. The first kappa shape index (κ1) is 16.7. The van der Waals surface area contributed by atoms with Gasteiger partial charge in [0.1, 0.15) is 12.0 Å². The minimum absolute atomic E-state index is 0.288. The number of carbonyl (C=O) groups is 2. The molecule has 26 heavy (non-hydrogen) atoms. The Bertz CT molecular complexity index is 965. The van der Waals surface area contributed by atoms with Crippen LogP contribution in [0.1, 0.15) is 37.6 Å². The van der Waals surface area contributed by atoms with Crippen LogP contribution in [-0.4, -0.2) is 28.2 Å². The van der Waals surface area contributed by atoms with E-state index < -0.39 is 17.9 Å². The molecule has 3 heterocycles. The van der Waals surface area contributed by atoms with Gasteiger partial charge < -0.3 is 5.11 Å². The van der Waals surface area contributed by atoms with Gasteiger partial charge in [-0.3, -0.25) is 9.59 Å². The number of benzene rings is 1. The molecule has 0 bridgehead atoms. The lowest BCUT2D eigenvalue weighted by molar-refractivity contribution is -0.140. The SMILES string of the molecule is O=C(O)[C@H]1c2ccccc2C(=O)N(/N=C/c2cccs2)[C@H]1c1cccs1. The second-order valence-corrected chi connectivity index (χ2v) is 7.73.